The fourth-order valence-corrected chi connectivity index (χ4v) is 9.65. The molecule has 0 spiro atoms. The van der Waals surface area contributed by atoms with Crippen LogP contribution >= 0.6 is 7.82 Å². The lowest BCUT2D eigenvalue weighted by molar-refractivity contribution is -0.870. The maximum absolute atomic E-state index is 12.8. The summed E-state index contributed by atoms with van der Waals surface area (Å²) in [6, 6.07) is 0. The van der Waals surface area contributed by atoms with E-state index in [1.165, 1.54) is 250 Å². The molecule has 0 saturated carbocycles. The van der Waals surface area contributed by atoms with Crippen LogP contribution in [-0.2, 0) is 27.9 Å². The maximum atomic E-state index is 12.8. The number of phosphoric acid groups is 1. The van der Waals surface area contributed by atoms with Gasteiger partial charge in [0.2, 0.25) is 0 Å². The molecule has 0 aliphatic heterocycles. The average molecular weight is 960 g/mol. The molecule has 9 heteroatoms. The average Bonchev–Trinajstić information content (AvgIpc) is 3.28. The SMILES string of the molecule is CCCCCCCCCCCCCCCCCCCCCCCCCCCOCC(COP(=O)(O)OCC[N+](C)(C)C)OC(=O)CCCCCCCCCCCCCCCCCCCCC. The van der Waals surface area contributed by atoms with E-state index in [-0.39, 0.29) is 25.8 Å². The zero-order valence-corrected chi connectivity index (χ0v) is 46.1. The molecule has 8 nitrogen and oxygen atoms in total. The van der Waals surface area contributed by atoms with Crippen molar-refractivity contribution >= 4 is 13.8 Å². The zero-order valence-electron chi connectivity index (χ0n) is 45.2. The first-order valence-corrected chi connectivity index (χ1v) is 30.8. The van der Waals surface area contributed by atoms with Crippen molar-refractivity contribution < 1.29 is 37.3 Å². The number of carbonyl (C=O) groups excluding carboxylic acids is 1. The summed E-state index contributed by atoms with van der Waals surface area (Å²) in [6.45, 7) is 5.72. The summed E-state index contributed by atoms with van der Waals surface area (Å²) in [6.07, 6.45) is 58.8. The van der Waals surface area contributed by atoms with Crippen molar-refractivity contribution in [3.05, 3.63) is 0 Å². The van der Waals surface area contributed by atoms with E-state index < -0.39 is 13.9 Å². The number of ether oxygens (including phenoxy) is 2. The Morgan fingerprint density at radius 2 is 0.697 bits per heavy atom. The first-order chi connectivity index (χ1) is 32.1. The van der Waals surface area contributed by atoms with Crippen LogP contribution in [0.1, 0.15) is 303 Å². The van der Waals surface area contributed by atoms with Gasteiger partial charge in [0.05, 0.1) is 34.4 Å². The van der Waals surface area contributed by atoms with Gasteiger partial charge in [0, 0.05) is 13.0 Å². The number of carbonyl (C=O) groups is 1. The van der Waals surface area contributed by atoms with Crippen molar-refractivity contribution in [3.8, 4) is 0 Å². The molecule has 0 aromatic carbocycles. The summed E-state index contributed by atoms with van der Waals surface area (Å²) in [5.74, 6) is -0.303. The van der Waals surface area contributed by atoms with Crippen LogP contribution in [0.2, 0.25) is 0 Å². The number of esters is 1. The molecule has 0 radical (unpaired) electrons. The highest BCUT2D eigenvalue weighted by Gasteiger charge is 2.26. The summed E-state index contributed by atoms with van der Waals surface area (Å²) in [5.41, 5.74) is 0. The Hall–Kier alpha value is -0.500. The molecule has 0 aromatic rings. The van der Waals surface area contributed by atoms with E-state index in [9.17, 15) is 14.3 Å². The highest BCUT2D eigenvalue weighted by molar-refractivity contribution is 7.47. The highest BCUT2D eigenvalue weighted by Crippen LogP contribution is 2.43. The third-order valence-electron chi connectivity index (χ3n) is 13.4. The predicted molar refractivity (Wildman–Crippen MR) is 284 cm³/mol. The van der Waals surface area contributed by atoms with E-state index in [0.29, 0.717) is 24.1 Å². The summed E-state index contributed by atoms with van der Waals surface area (Å²) >= 11 is 0. The normalized spacial score (nSPS) is 13.4. The van der Waals surface area contributed by atoms with Crippen LogP contribution in [0, 0.1) is 0 Å². The van der Waals surface area contributed by atoms with Gasteiger partial charge >= 0.3 is 13.8 Å². The van der Waals surface area contributed by atoms with E-state index in [4.69, 9.17) is 18.5 Å². The highest BCUT2D eigenvalue weighted by atomic mass is 31.2. The number of nitrogens with zero attached hydrogens (tertiary/aromatic N) is 1. The Bertz CT molecular complexity index is 1020. The smallest absolute Gasteiger partial charge is 0.457 e. The molecule has 2 atom stereocenters. The molecule has 66 heavy (non-hydrogen) atoms. The van der Waals surface area contributed by atoms with Crippen molar-refractivity contribution in [3.63, 3.8) is 0 Å². The molecule has 0 aliphatic rings. The number of unbranched alkanes of at least 4 members (excludes halogenated alkanes) is 42. The van der Waals surface area contributed by atoms with E-state index in [1.807, 2.05) is 21.1 Å². The summed E-state index contributed by atoms with van der Waals surface area (Å²) in [5, 5.41) is 0. The minimum atomic E-state index is -4.28. The van der Waals surface area contributed by atoms with Gasteiger partial charge in [-0.2, -0.15) is 0 Å². The Morgan fingerprint density at radius 1 is 0.409 bits per heavy atom. The van der Waals surface area contributed by atoms with E-state index >= 15 is 0 Å². The Balaban J connectivity index is 3.98. The van der Waals surface area contributed by atoms with Gasteiger partial charge in [0.1, 0.15) is 19.3 Å². The van der Waals surface area contributed by atoms with Crippen molar-refractivity contribution in [1.29, 1.82) is 0 Å². The number of hydrogen-bond donors (Lipinski definition) is 1. The Morgan fingerprint density at radius 3 is 1.00 bits per heavy atom. The molecule has 2 unspecified atom stereocenters. The summed E-state index contributed by atoms with van der Waals surface area (Å²) in [4.78, 5) is 23.1. The Kier molecular flexibility index (Phi) is 50.5. The second-order valence-corrected chi connectivity index (χ2v) is 22.9. The predicted octanol–water partition coefficient (Wildman–Crippen LogP) is 18.3. The molecule has 0 aliphatic carbocycles. The van der Waals surface area contributed by atoms with Gasteiger partial charge in [-0.05, 0) is 12.8 Å². The molecule has 1 N–H and O–H groups in total. The van der Waals surface area contributed by atoms with E-state index in [2.05, 4.69) is 13.8 Å². The van der Waals surface area contributed by atoms with Crippen LogP contribution in [0.4, 0.5) is 0 Å². The molecule has 0 aromatic heterocycles. The van der Waals surface area contributed by atoms with Crippen LogP contribution in [0.3, 0.4) is 0 Å². The number of quaternary nitrogens is 1. The monoisotopic (exact) mass is 959 g/mol. The number of phosphoric ester groups is 1. The number of rotatable bonds is 56. The van der Waals surface area contributed by atoms with Gasteiger partial charge in [-0.15, -0.1) is 0 Å². The van der Waals surface area contributed by atoms with Crippen molar-refractivity contribution in [2.75, 3.05) is 54.1 Å². The molecule has 0 rings (SSSR count). The van der Waals surface area contributed by atoms with Gasteiger partial charge in [0.15, 0.2) is 0 Å². The minimum Gasteiger partial charge on any atom is -0.457 e. The number of likely N-dealkylation sites (N-methyl/N-ethyl adjacent to an activating group) is 1. The second-order valence-electron chi connectivity index (χ2n) is 21.4. The van der Waals surface area contributed by atoms with Crippen molar-refractivity contribution in [2.24, 2.45) is 0 Å². The first kappa shape index (κ1) is 65.5. The maximum Gasteiger partial charge on any atom is 0.472 e. The standard InChI is InChI=1S/C57H116NO7P/c1-6-8-10-12-14-16-18-20-22-24-26-27-28-29-30-31-33-35-37-39-41-43-45-47-49-52-62-54-56(55-64-66(60,61)63-53-51-58(3,4)5)65-57(59)50-48-46-44-42-40-38-36-34-32-25-23-21-19-17-15-13-11-9-7-2/h56H,6-55H2,1-5H3/p+1. The Labute approximate surface area is 412 Å². The van der Waals surface area contributed by atoms with Crippen molar-refractivity contribution in [1.82, 2.24) is 0 Å². The molecule has 0 bridgehead atoms. The fourth-order valence-electron chi connectivity index (χ4n) is 8.91. The van der Waals surface area contributed by atoms with Crippen molar-refractivity contribution in [2.45, 2.75) is 309 Å². The topological polar surface area (TPSA) is 91.3 Å². The van der Waals surface area contributed by atoms with Gasteiger partial charge in [0.25, 0.3) is 0 Å². The third kappa shape index (κ3) is 54.4. The quantitative estimate of drug-likeness (QED) is 0.0281. The van der Waals surface area contributed by atoms with Crippen LogP contribution in [0.5, 0.6) is 0 Å². The largest absolute Gasteiger partial charge is 0.472 e. The van der Waals surface area contributed by atoms with Crippen LogP contribution in [0.15, 0.2) is 0 Å². The summed E-state index contributed by atoms with van der Waals surface area (Å²) in [7, 11) is 1.69. The van der Waals surface area contributed by atoms with Crippen LogP contribution in [0.25, 0.3) is 0 Å². The zero-order chi connectivity index (χ0) is 48.3. The lowest BCUT2D eigenvalue weighted by atomic mass is 10.0. The summed E-state index contributed by atoms with van der Waals surface area (Å²) < 4.78 is 35.3. The second kappa shape index (κ2) is 50.9. The molecular formula is C57H117NO7P+. The fraction of sp³-hybridized carbons (Fsp3) is 0.982. The molecule has 0 amide bonds. The first-order valence-electron chi connectivity index (χ1n) is 29.3. The lowest BCUT2D eigenvalue weighted by Crippen LogP contribution is -2.37. The van der Waals surface area contributed by atoms with Crippen LogP contribution < -0.4 is 0 Å². The molecule has 0 saturated heterocycles. The molecule has 0 fully saturated rings. The molecule has 0 heterocycles. The van der Waals surface area contributed by atoms with E-state index in [1.54, 1.807) is 0 Å². The van der Waals surface area contributed by atoms with E-state index in [0.717, 1.165) is 32.1 Å². The van der Waals surface area contributed by atoms with Gasteiger partial charge in [-0.3, -0.25) is 13.8 Å². The van der Waals surface area contributed by atoms with Gasteiger partial charge < -0.3 is 18.9 Å². The lowest BCUT2D eigenvalue weighted by Gasteiger charge is -2.24. The molecule has 396 valence electrons. The number of hydrogen-bond acceptors (Lipinski definition) is 6. The third-order valence-corrected chi connectivity index (χ3v) is 14.4. The van der Waals surface area contributed by atoms with Crippen LogP contribution in [-0.4, -0.2) is 75.6 Å². The molecular weight excluding hydrogens is 842 g/mol. The van der Waals surface area contributed by atoms with Gasteiger partial charge in [-0.25, -0.2) is 4.57 Å². The minimum absolute atomic E-state index is 0.0945. The van der Waals surface area contributed by atoms with Gasteiger partial charge in [-0.1, -0.05) is 284 Å².